The molecular weight excluding hydrogens is 400 g/mol. The SMILES string of the molecule is COC(=O)c1ccc(NC(=S)NC(=O)c2ccc(OCc3ccccc3)cc2)cc1. The normalized spacial score (nSPS) is 10.0. The van der Waals surface area contributed by atoms with Crippen molar-refractivity contribution in [3.63, 3.8) is 0 Å². The number of esters is 1. The molecule has 0 heterocycles. The van der Waals surface area contributed by atoms with Gasteiger partial charge in [0.05, 0.1) is 12.7 Å². The number of ether oxygens (including phenoxy) is 2. The second-order valence-corrected chi connectivity index (χ2v) is 6.68. The summed E-state index contributed by atoms with van der Waals surface area (Å²) in [4.78, 5) is 23.8. The van der Waals surface area contributed by atoms with Gasteiger partial charge in [-0.2, -0.15) is 0 Å². The molecule has 0 saturated carbocycles. The average Bonchev–Trinajstić information content (AvgIpc) is 2.78. The van der Waals surface area contributed by atoms with E-state index in [2.05, 4.69) is 15.4 Å². The highest BCUT2D eigenvalue weighted by atomic mass is 32.1. The number of anilines is 1. The van der Waals surface area contributed by atoms with E-state index in [0.29, 0.717) is 29.2 Å². The van der Waals surface area contributed by atoms with E-state index in [9.17, 15) is 9.59 Å². The van der Waals surface area contributed by atoms with Crippen molar-refractivity contribution in [3.8, 4) is 5.75 Å². The zero-order valence-corrected chi connectivity index (χ0v) is 17.1. The molecule has 152 valence electrons. The third-order valence-corrected chi connectivity index (χ3v) is 4.36. The number of nitrogens with one attached hydrogen (secondary N) is 2. The molecule has 2 N–H and O–H groups in total. The van der Waals surface area contributed by atoms with Gasteiger partial charge in [-0.15, -0.1) is 0 Å². The number of amides is 1. The van der Waals surface area contributed by atoms with Crippen LogP contribution < -0.4 is 15.4 Å². The van der Waals surface area contributed by atoms with Gasteiger partial charge >= 0.3 is 5.97 Å². The number of thiocarbonyl (C=S) groups is 1. The number of carbonyl (C=O) groups is 2. The fourth-order valence-electron chi connectivity index (χ4n) is 2.59. The van der Waals surface area contributed by atoms with Crippen molar-refractivity contribution in [2.24, 2.45) is 0 Å². The molecule has 3 rings (SSSR count). The third kappa shape index (κ3) is 5.89. The first-order chi connectivity index (χ1) is 14.5. The maximum absolute atomic E-state index is 12.4. The molecule has 0 aliphatic rings. The Morgan fingerprint density at radius 3 is 2.13 bits per heavy atom. The van der Waals surface area contributed by atoms with Crippen molar-refractivity contribution in [2.75, 3.05) is 12.4 Å². The molecule has 0 bridgehead atoms. The summed E-state index contributed by atoms with van der Waals surface area (Å²) in [5, 5.41) is 5.67. The quantitative estimate of drug-likeness (QED) is 0.460. The van der Waals surface area contributed by atoms with Gasteiger partial charge in [-0.05, 0) is 66.3 Å². The standard InChI is InChI=1S/C23H20N2O4S/c1-28-22(27)18-7-11-19(12-8-18)24-23(30)25-21(26)17-9-13-20(14-10-17)29-15-16-5-3-2-4-6-16/h2-14H,15H2,1H3,(H2,24,25,26,30). The van der Waals surface area contributed by atoms with E-state index in [0.717, 1.165) is 5.56 Å². The average molecular weight is 420 g/mol. The first-order valence-corrected chi connectivity index (χ1v) is 9.53. The van der Waals surface area contributed by atoms with Crippen LogP contribution in [0.15, 0.2) is 78.9 Å². The number of rotatable bonds is 6. The molecule has 0 atom stereocenters. The zero-order valence-electron chi connectivity index (χ0n) is 16.3. The van der Waals surface area contributed by atoms with Gasteiger partial charge in [0.25, 0.3) is 5.91 Å². The molecule has 0 fully saturated rings. The Hall–Kier alpha value is -3.71. The number of benzene rings is 3. The van der Waals surface area contributed by atoms with E-state index in [-0.39, 0.29) is 11.0 Å². The molecule has 3 aromatic carbocycles. The van der Waals surface area contributed by atoms with E-state index < -0.39 is 5.97 Å². The van der Waals surface area contributed by atoms with Gasteiger partial charge in [0.1, 0.15) is 12.4 Å². The van der Waals surface area contributed by atoms with Gasteiger partial charge < -0.3 is 14.8 Å². The zero-order chi connectivity index (χ0) is 21.3. The van der Waals surface area contributed by atoms with E-state index in [4.69, 9.17) is 17.0 Å². The lowest BCUT2D eigenvalue weighted by molar-refractivity contribution is 0.0600. The summed E-state index contributed by atoms with van der Waals surface area (Å²) < 4.78 is 10.4. The largest absolute Gasteiger partial charge is 0.489 e. The molecule has 0 saturated heterocycles. The van der Waals surface area contributed by atoms with Crippen LogP contribution in [0.3, 0.4) is 0 Å². The van der Waals surface area contributed by atoms with Crippen LogP contribution in [-0.2, 0) is 11.3 Å². The Kier molecular flexibility index (Phi) is 7.13. The van der Waals surface area contributed by atoms with Crippen molar-refractivity contribution in [1.82, 2.24) is 5.32 Å². The van der Waals surface area contributed by atoms with Crippen LogP contribution in [0.2, 0.25) is 0 Å². The van der Waals surface area contributed by atoms with Crippen LogP contribution in [-0.4, -0.2) is 24.1 Å². The summed E-state index contributed by atoms with van der Waals surface area (Å²) in [6, 6.07) is 23.2. The van der Waals surface area contributed by atoms with Gasteiger partial charge in [0, 0.05) is 11.3 Å². The number of hydrogen-bond donors (Lipinski definition) is 2. The summed E-state index contributed by atoms with van der Waals surface area (Å²) >= 11 is 5.18. The molecule has 0 aliphatic carbocycles. The van der Waals surface area contributed by atoms with Gasteiger partial charge in [0.15, 0.2) is 5.11 Å². The molecule has 3 aromatic rings. The monoisotopic (exact) mass is 420 g/mol. The lowest BCUT2D eigenvalue weighted by Gasteiger charge is -2.11. The highest BCUT2D eigenvalue weighted by Crippen LogP contribution is 2.15. The number of methoxy groups -OCH3 is 1. The summed E-state index contributed by atoms with van der Waals surface area (Å²) in [6.45, 7) is 0.454. The van der Waals surface area contributed by atoms with E-state index in [1.807, 2.05) is 30.3 Å². The molecule has 7 heteroatoms. The van der Waals surface area contributed by atoms with Crippen molar-refractivity contribution in [1.29, 1.82) is 0 Å². The van der Waals surface area contributed by atoms with Gasteiger partial charge in [0.2, 0.25) is 0 Å². The van der Waals surface area contributed by atoms with Crippen LogP contribution in [0.25, 0.3) is 0 Å². The predicted octanol–water partition coefficient (Wildman–Crippen LogP) is 4.18. The molecular formula is C23H20N2O4S. The Morgan fingerprint density at radius 1 is 0.867 bits per heavy atom. The minimum absolute atomic E-state index is 0.148. The lowest BCUT2D eigenvalue weighted by atomic mass is 10.2. The molecule has 0 spiro atoms. The van der Waals surface area contributed by atoms with Gasteiger partial charge in [-0.25, -0.2) is 4.79 Å². The molecule has 6 nitrogen and oxygen atoms in total. The molecule has 30 heavy (non-hydrogen) atoms. The van der Waals surface area contributed by atoms with Gasteiger partial charge in [-0.1, -0.05) is 30.3 Å². The summed E-state index contributed by atoms with van der Waals surface area (Å²) in [5.41, 5.74) is 2.58. The second-order valence-electron chi connectivity index (χ2n) is 6.28. The highest BCUT2D eigenvalue weighted by molar-refractivity contribution is 7.80. The van der Waals surface area contributed by atoms with Crippen LogP contribution in [0.4, 0.5) is 5.69 Å². The Balaban J connectivity index is 1.51. The molecule has 0 aromatic heterocycles. The van der Waals surface area contributed by atoms with E-state index in [1.165, 1.54) is 7.11 Å². The third-order valence-electron chi connectivity index (χ3n) is 4.16. The molecule has 0 unspecified atom stereocenters. The smallest absolute Gasteiger partial charge is 0.337 e. The van der Waals surface area contributed by atoms with Crippen molar-refractivity contribution in [3.05, 3.63) is 95.6 Å². The Bertz CT molecular complexity index is 1020. The van der Waals surface area contributed by atoms with Crippen molar-refractivity contribution in [2.45, 2.75) is 6.61 Å². The highest BCUT2D eigenvalue weighted by Gasteiger charge is 2.09. The van der Waals surface area contributed by atoms with Gasteiger partial charge in [-0.3, -0.25) is 10.1 Å². The minimum atomic E-state index is -0.423. The van der Waals surface area contributed by atoms with Crippen LogP contribution in [0, 0.1) is 0 Å². The first-order valence-electron chi connectivity index (χ1n) is 9.12. The van der Waals surface area contributed by atoms with Crippen molar-refractivity contribution >= 4 is 34.9 Å². The predicted molar refractivity (Wildman–Crippen MR) is 119 cm³/mol. The summed E-state index contributed by atoms with van der Waals surface area (Å²) in [5.74, 6) is -0.0938. The number of carbonyl (C=O) groups excluding carboxylic acids is 2. The van der Waals surface area contributed by atoms with E-state index >= 15 is 0 Å². The summed E-state index contributed by atoms with van der Waals surface area (Å²) in [7, 11) is 1.32. The lowest BCUT2D eigenvalue weighted by Crippen LogP contribution is -2.34. The first kappa shape index (κ1) is 21.0. The van der Waals surface area contributed by atoms with Crippen molar-refractivity contribution < 1.29 is 19.1 Å². The Morgan fingerprint density at radius 2 is 1.50 bits per heavy atom. The van der Waals surface area contributed by atoms with Crippen LogP contribution in [0.5, 0.6) is 5.75 Å². The second kappa shape index (κ2) is 10.2. The number of hydrogen-bond acceptors (Lipinski definition) is 5. The van der Waals surface area contributed by atoms with Crippen LogP contribution >= 0.6 is 12.2 Å². The van der Waals surface area contributed by atoms with Crippen LogP contribution in [0.1, 0.15) is 26.3 Å². The topological polar surface area (TPSA) is 76.7 Å². The summed E-state index contributed by atoms with van der Waals surface area (Å²) in [6.07, 6.45) is 0. The minimum Gasteiger partial charge on any atom is -0.489 e. The fourth-order valence-corrected chi connectivity index (χ4v) is 2.80. The maximum Gasteiger partial charge on any atom is 0.337 e. The molecule has 0 radical (unpaired) electrons. The van der Waals surface area contributed by atoms with E-state index in [1.54, 1.807) is 48.5 Å². The molecule has 0 aliphatic heterocycles. The molecule has 1 amide bonds. The maximum atomic E-state index is 12.4. The Labute approximate surface area is 179 Å². The fraction of sp³-hybridized carbons (Fsp3) is 0.0870.